The molecule has 0 atom stereocenters. The maximum atomic E-state index is 12.3. The van der Waals surface area contributed by atoms with Crippen molar-refractivity contribution < 1.29 is 9.00 Å². The van der Waals surface area contributed by atoms with Gasteiger partial charge in [0.15, 0.2) is 0 Å². The summed E-state index contributed by atoms with van der Waals surface area (Å²) < 4.78 is 17.4. The highest BCUT2D eigenvalue weighted by Crippen LogP contribution is 2.18. The van der Waals surface area contributed by atoms with Gasteiger partial charge in [-0.15, -0.1) is 0 Å². The maximum absolute atomic E-state index is 12.3. The minimum absolute atomic E-state index is 0.110. The standard InChI is InChI=1S/C15H20N4O2S/c1-11(2)19-14(9-10-16-19)15(20)17-12-5-7-13(8-6-12)18-22(3,4)21/h5-11H,1-4H3,(H,17,20). The molecule has 6 nitrogen and oxygen atoms in total. The Kier molecular flexibility index (Phi) is 4.65. The number of hydrogen-bond acceptors (Lipinski definition) is 4. The Labute approximate surface area is 130 Å². The minimum atomic E-state index is -2.19. The van der Waals surface area contributed by atoms with Crippen LogP contribution >= 0.6 is 0 Å². The van der Waals surface area contributed by atoms with Crippen LogP contribution in [0.4, 0.5) is 11.4 Å². The Morgan fingerprint density at radius 2 is 1.86 bits per heavy atom. The van der Waals surface area contributed by atoms with E-state index in [9.17, 15) is 9.00 Å². The zero-order valence-electron chi connectivity index (χ0n) is 13.1. The normalized spacial score (nSPS) is 11.5. The number of anilines is 1. The SMILES string of the molecule is CC(C)n1nccc1C(=O)Nc1ccc(N=S(C)(C)=O)cc1. The predicted molar refractivity (Wildman–Crippen MR) is 89.1 cm³/mol. The van der Waals surface area contributed by atoms with Crippen molar-refractivity contribution >= 4 is 27.0 Å². The van der Waals surface area contributed by atoms with E-state index in [-0.39, 0.29) is 11.9 Å². The van der Waals surface area contributed by atoms with Crippen LogP contribution in [0.1, 0.15) is 30.4 Å². The number of amides is 1. The lowest BCUT2D eigenvalue weighted by molar-refractivity contribution is 0.101. The van der Waals surface area contributed by atoms with Gasteiger partial charge in [0.05, 0.1) is 5.69 Å². The molecule has 1 aromatic heterocycles. The van der Waals surface area contributed by atoms with Crippen molar-refractivity contribution in [2.75, 3.05) is 17.8 Å². The third-order valence-electron chi connectivity index (χ3n) is 2.84. The quantitative estimate of drug-likeness (QED) is 0.940. The first-order chi connectivity index (χ1) is 10.3. The molecule has 0 saturated heterocycles. The van der Waals surface area contributed by atoms with E-state index in [0.29, 0.717) is 17.1 Å². The summed E-state index contributed by atoms with van der Waals surface area (Å²) in [7, 11) is -2.19. The van der Waals surface area contributed by atoms with E-state index in [2.05, 4.69) is 14.8 Å². The fourth-order valence-electron chi connectivity index (χ4n) is 1.96. The monoisotopic (exact) mass is 320 g/mol. The van der Waals surface area contributed by atoms with Gasteiger partial charge in [0, 0.05) is 40.2 Å². The maximum Gasteiger partial charge on any atom is 0.273 e. The minimum Gasteiger partial charge on any atom is -0.321 e. The Bertz CT molecular complexity index is 776. The Hall–Kier alpha value is -2.15. The van der Waals surface area contributed by atoms with Crippen molar-refractivity contribution in [3.63, 3.8) is 0 Å². The average Bonchev–Trinajstić information content (AvgIpc) is 2.89. The van der Waals surface area contributed by atoms with Crippen molar-refractivity contribution in [2.24, 2.45) is 4.36 Å². The topological polar surface area (TPSA) is 76.3 Å². The molecule has 0 saturated carbocycles. The molecule has 7 heteroatoms. The van der Waals surface area contributed by atoms with E-state index in [0.717, 1.165) is 0 Å². The first kappa shape index (κ1) is 16.2. The number of hydrogen-bond donors (Lipinski definition) is 1. The fraction of sp³-hybridized carbons (Fsp3) is 0.333. The van der Waals surface area contributed by atoms with E-state index in [4.69, 9.17) is 0 Å². The van der Waals surface area contributed by atoms with E-state index in [1.807, 2.05) is 13.8 Å². The second-order valence-electron chi connectivity index (χ2n) is 5.53. The van der Waals surface area contributed by atoms with Gasteiger partial charge in [0.2, 0.25) is 0 Å². The largest absolute Gasteiger partial charge is 0.321 e. The number of aromatic nitrogens is 2. The summed E-state index contributed by atoms with van der Waals surface area (Å²) in [6.07, 6.45) is 4.77. The van der Waals surface area contributed by atoms with Gasteiger partial charge in [-0.3, -0.25) is 9.48 Å². The second-order valence-corrected chi connectivity index (χ2v) is 8.07. The summed E-state index contributed by atoms with van der Waals surface area (Å²) in [5.41, 5.74) is 1.79. The van der Waals surface area contributed by atoms with Crippen molar-refractivity contribution in [3.8, 4) is 0 Å². The molecule has 1 N–H and O–H groups in total. The molecule has 1 heterocycles. The number of nitrogens with zero attached hydrogens (tertiary/aromatic N) is 3. The molecule has 0 bridgehead atoms. The lowest BCUT2D eigenvalue weighted by Gasteiger charge is -2.11. The van der Waals surface area contributed by atoms with Crippen LogP contribution in [0, 0.1) is 0 Å². The summed E-state index contributed by atoms with van der Waals surface area (Å²) in [5, 5.41) is 6.96. The van der Waals surface area contributed by atoms with E-state index >= 15 is 0 Å². The fourth-order valence-corrected chi connectivity index (χ4v) is 2.59. The van der Waals surface area contributed by atoms with Gasteiger partial charge in [-0.25, -0.2) is 4.21 Å². The zero-order valence-corrected chi connectivity index (χ0v) is 13.9. The highest BCUT2D eigenvalue weighted by molar-refractivity contribution is 7.92. The second kappa shape index (κ2) is 6.31. The summed E-state index contributed by atoms with van der Waals surface area (Å²) in [6, 6.07) is 8.71. The molecule has 1 amide bonds. The number of rotatable bonds is 4. The molecule has 0 spiro atoms. The van der Waals surface area contributed by atoms with Crippen LogP contribution in [0.3, 0.4) is 0 Å². The number of nitrogens with one attached hydrogen (secondary N) is 1. The molecular formula is C15H20N4O2S. The van der Waals surface area contributed by atoms with Crippen LogP contribution in [0.15, 0.2) is 40.9 Å². The van der Waals surface area contributed by atoms with Gasteiger partial charge in [-0.05, 0) is 44.2 Å². The lowest BCUT2D eigenvalue weighted by atomic mass is 10.2. The molecule has 0 radical (unpaired) electrons. The van der Waals surface area contributed by atoms with Crippen LogP contribution in [0.5, 0.6) is 0 Å². The first-order valence-corrected chi connectivity index (χ1v) is 9.21. The predicted octanol–water partition coefficient (Wildman–Crippen LogP) is 3.08. The molecule has 1 aromatic carbocycles. The third-order valence-corrected chi connectivity index (χ3v) is 3.49. The lowest BCUT2D eigenvalue weighted by Crippen LogP contribution is -2.18. The number of benzene rings is 1. The average molecular weight is 320 g/mol. The Morgan fingerprint density at radius 3 is 2.41 bits per heavy atom. The van der Waals surface area contributed by atoms with Gasteiger partial charge >= 0.3 is 0 Å². The van der Waals surface area contributed by atoms with Crippen LogP contribution in [0.2, 0.25) is 0 Å². The molecule has 2 aromatic rings. The zero-order chi connectivity index (χ0) is 16.3. The summed E-state index contributed by atoms with van der Waals surface area (Å²) >= 11 is 0. The van der Waals surface area contributed by atoms with Crippen molar-refractivity contribution in [2.45, 2.75) is 19.9 Å². The highest BCUT2D eigenvalue weighted by Gasteiger charge is 2.14. The molecule has 22 heavy (non-hydrogen) atoms. The third kappa shape index (κ3) is 4.17. The summed E-state index contributed by atoms with van der Waals surface area (Å²) in [6.45, 7) is 3.93. The van der Waals surface area contributed by atoms with Gasteiger partial charge in [-0.2, -0.15) is 9.46 Å². The van der Waals surface area contributed by atoms with Crippen LogP contribution in [0.25, 0.3) is 0 Å². The van der Waals surface area contributed by atoms with Crippen LogP contribution in [-0.2, 0) is 9.73 Å². The molecular weight excluding hydrogens is 300 g/mol. The number of carbonyl (C=O) groups excluding carboxylic acids is 1. The molecule has 0 aliphatic carbocycles. The molecule has 118 valence electrons. The van der Waals surface area contributed by atoms with Gasteiger partial charge in [0.1, 0.15) is 5.69 Å². The van der Waals surface area contributed by atoms with Crippen LogP contribution < -0.4 is 5.32 Å². The summed E-state index contributed by atoms with van der Waals surface area (Å²) in [5.74, 6) is -0.217. The molecule has 0 fully saturated rings. The highest BCUT2D eigenvalue weighted by atomic mass is 32.2. The molecule has 0 aliphatic heterocycles. The summed E-state index contributed by atoms with van der Waals surface area (Å²) in [4.78, 5) is 12.3. The van der Waals surface area contributed by atoms with Crippen molar-refractivity contribution in [1.29, 1.82) is 0 Å². The smallest absolute Gasteiger partial charge is 0.273 e. The van der Waals surface area contributed by atoms with Gasteiger partial charge in [-0.1, -0.05) is 0 Å². The van der Waals surface area contributed by atoms with E-state index < -0.39 is 9.73 Å². The Morgan fingerprint density at radius 1 is 1.23 bits per heavy atom. The first-order valence-electron chi connectivity index (χ1n) is 6.88. The molecule has 0 unspecified atom stereocenters. The molecule has 2 rings (SSSR count). The van der Waals surface area contributed by atoms with Crippen molar-refractivity contribution in [3.05, 3.63) is 42.2 Å². The van der Waals surface area contributed by atoms with E-state index in [1.54, 1.807) is 53.7 Å². The van der Waals surface area contributed by atoms with Gasteiger partial charge < -0.3 is 5.32 Å². The van der Waals surface area contributed by atoms with Crippen molar-refractivity contribution in [1.82, 2.24) is 9.78 Å². The van der Waals surface area contributed by atoms with E-state index in [1.165, 1.54) is 0 Å². The van der Waals surface area contributed by atoms with Gasteiger partial charge in [0.25, 0.3) is 5.91 Å². The number of carbonyl (C=O) groups is 1. The molecule has 0 aliphatic rings. The Balaban J connectivity index is 2.16. The van der Waals surface area contributed by atoms with Crippen LogP contribution in [-0.4, -0.2) is 32.4 Å².